The van der Waals surface area contributed by atoms with Crippen LogP contribution in [0.2, 0.25) is 0 Å². The lowest BCUT2D eigenvalue weighted by molar-refractivity contribution is 0.102. The van der Waals surface area contributed by atoms with E-state index in [0.717, 1.165) is 10.4 Å². The molecule has 1 aromatic heterocycles. The Balaban J connectivity index is 1.44. The molecule has 3 aromatic carbocycles. The molecule has 0 spiro atoms. The lowest BCUT2D eigenvalue weighted by Gasteiger charge is -2.14. The summed E-state index contributed by atoms with van der Waals surface area (Å²) in [5.74, 6) is 1.33. The van der Waals surface area contributed by atoms with E-state index in [2.05, 4.69) is 15.3 Å². The van der Waals surface area contributed by atoms with Gasteiger partial charge in [0, 0.05) is 21.9 Å². The SMILES string of the molecule is COc1cc(C(=O)Nc2ccc(SCc3nc4ccccc4[nH]c3=O)cc2)cc(OC)c1OC. The van der Waals surface area contributed by atoms with Crippen LogP contribution >= 0.6 is 11.8 Å². The molecule has 0 fully saturated rings. The number of carbonyl (C=O) groups is 1. The molecule has 2 N–H and O–H groups in total. The number of methoxy groups -OCH3 is 3. The summed E-state index contributed by atoms with van der Waals surface area (Å²) in [6.07, 6.45) is 0. The fourth-order valence-electron chi connectivity index (χ4n) is 3.37. The zero-order valence-electron chi connectivity index (χ0n) is 18.9. The van der Waals surface area contributed by atoms with Crippen molar-refractivity contribution in [3.8, 4) is 17.2 Å². The summed E-state index contributed by atoms with van der Waals surface area (Å²) in [6, 6.07) is 18.0. The first-order chi connectivity index (χ1) is 16.5. The second-order valence-electron chi connectivity index (χ2n) is 7.21. The van der Waals surface area contributed by atoms with Crippen molar-refractivity contribution in [2.45, 2.75) is 10.6 Å². The van der Waals surface area contributed by atoms with Gasteiger partial charge in [0.05, 0.1) is 32.4 Å². The summed E-state index contributed by atoms with van der Waals surface area (Å²) in [4.78, 5) is 33.3. The summed E-state index contributed by atoms with van der Waals surface area (Å²) >= 11 is 1.49. The average molecular weight is 478 g/mol. The van der Waals surface area contributed by atoms with Gasteiger partial charge >= 0.3 is 0 Å². The van der Waals surface area contributed by atoms with Gasteiger partial charge in [-0.3, -0.25) is 9.59 Å². The van der Waals surface area contributed by atoms with Crippen molar-refractivity contribution >= 4 is 34.4 Å². The topological polar surface area (TPSA) is 103 Å². The van der Waals surface area contributed by atoms with Gasteiger partial charge in [0.15, 0.2) is 11.5 Å². The number of nitrogens with one attached hydrogen (secondary N) is 2. The van der Waals surface area contributed by atoms with Gasteiger partial charge in [-0.25, -0.2) is 4.98 Å². The molecular weight excluding hydrogens is 454 g/mol. The van der Waals surface area contributed by atoms with Crippen molar-refractivity contribution < 1.29 is 19.0 Å². The summed E-state index contributed by atoms with van der Waals surface area (Å²) < 4.78 is 15.9. The van der Waals surface area contributed by atoms with Crippen molar-refractivity contribution in [1.29, 1.82) is 0 Å². The number of ether oxygens (including phenoxy) is 3. The monoisotopic (exact) mass is 477 g/mol. The molecule has 0 aliphatic carbocycles. The van der Waals surface area contributed by atoms with Gasteiger partial charge in [-0.2, -0.15) is 0 Å². The smallest absolute Gasteiger partial charge is 0.271 e. The molecule has 9 heteroatoms. The number of benzene rings is 3. The number of carbonyl (C=O) groups excluding carboxylic acids is 1. The van der Waals surface area contributed by atoms with E-state index in [0.29, 0.717) is 45.5 Å². The van der Waals surface area contributed by atoms with Crippen molar-refractivity contribution in [2.24, 2.45) is 0 Å². The van der Waals surface area contributed by atoms with Crippen LogP contribution in [0.4, 0.5) is 5.69 Å². The highest BCUT2D eigenvalue weighted by atomic mass is 32.2. The summed E-state index contributed by atoms with van der Waals surface area (Å²) in [7, 11) is 4.50. The molecular formula is C25H23N3O5S. The number of para-hydroxylation sites is 2. The number of amides is 1. The maximum Gasteiger partial charge on any atom is 0.271 e. The molecule has 4 rings (SSSR count). The van der Waals surface area contributed by atoms with Gasteiger partial charge in [0.2, 0.25) is 5.75 Å². The molecule has 174 valence electrons. The quantitative estimate of drug-likeness (QED) is 0.360. The van der Waals surface area contributed by atoms with E-state index in [1.165, 1.54) is 33.1 Å². The van der Waals surface area contributed by atoms with Crippen molar-refractivity contribution in [3.63, 3.8) is 0 Å². The number of nitrogens with zero attached hydrogens (tertiary/aromatic N) is 1. The highest BCUT2D eigenvalue weighted by Crippen LogP contribution is 2.38. The van der Waals surface area contributed by atoms with E-state index in [1.54, 1.807) is 24.3 Å². The largest absolute Gasteiger partial charge is 0.493 e. The maximum absolute atomic E-state index is 12.8. The zero-order valence-corrected chi connectivity index (χ0v) is 19.7. The van der Waals surface area contributed by atoms with Crippen LogP contribution in [0, 0.1) is 0 Å². The van der Waals surface area contributed by atoms with Crippen LogP contribution in [0.3, 0.4) is 0 Å². The van der Waals surface area contributed by atoms with Gasteiger partial charge in [-0.05, 0) is 48.5 Å². The van der Waals surface area contributed by atoms with Crippen molar-refractivity contribution in [3.05, 3.63) is 82.3 Å². The standard InChI is InChI=1S/C25H23N3O5S/c1-31-21-12-15(13-22(32-2)23(21)33-3)24(29)26-16-8-10-17(11-9-16)34-14-20-25(30)28-19-7-5-4-6-18(19)27-20/h4-13H,14H2,1-3H3,(H,26,29)(H,28,30). The van der Waals surface area contributed by atoms with Crippen LogP contribution in [0.1, 0.15) is 16.1 Å². The highest BCUT2D eigenvalue weighted by molar-refractivity contribution is 7.98. The Bertz CT molecular complexity index is 1360. The Kier molecular flexibility index (Phi) is 7.03. The first-order valence-electron chi connectivity index (χ1n) is 10.3. The van der Waals surface area contributed by atoms with Crippen LogP contribution in [0.25, 0.3) is 11.0 Å². The molecule has 0 saturated carbocycles. The molecule has 0 bridgehead atoms. The second-order valence-corrected chi connectivity index (χ2v) is 8.26. The number of rotatable bonds is 8. The third-order valence-corrected chi connectivity index (χ3v) is 6.11. The number of aromatic amines is 1. The predicted molar refractivity (Wildman–Crippen MR) is 132 cm³/mol. The van der Waals surface area contributed by atoms with E-state index in [1.807, 2.05) is 36.4 Å². The van der Waals surface area contributed by atoms with Crippen LogP contribution in [-0.4, -0.2) is 37.2 Å². The Morgan fingerprint density at radius 1 is 0.971 bits per heavy atom. The minimum absolute atomic E-state index is 0.194. The number of thioether (sulfide) groups is 1. The molecule has 0 unspecified atom stereocenters. The average Bonchev–Trinajstić information content (AvgIpc) is 2.87. The minimum Gasteiger partial charge on any atom is -0.493 e. The molecule has 4 aromatic rings. The van der Waals surface area contributed by atoms with Crippen LogP contribution in [0.15, 0.2) is 70.4 Å². The number of hydrogen-bond donors (Lipinski definition) is 2. The van der Waals surface area contributed by atoms with Crippen LogP contribution < -0.4 is 25.1 Å². The van der Waals surface area contributed by atoms with Gasteiger partial charge in [-0.1, -0.05) is 12.1 Å². The van der Waals surface area contributed by atoms with Gasteiger partial charge in [0.25, 0.3) is 11.5 Å². The highest BCUT2D eigenvalue weighted by Gasteiger charge is 2.17. The van der Waals surface area contributed by atoms with E-state index in [4.69, 9.17) is 14.2 Å². The number of fused-ring (bicyclic) bond motifs is 1. The third-order valence-electron chi connectivity index (χ3n) is 5.08. The summed E-state index contributed by atoms with van der Waals surface area (Å²) in [5.41, 5.74) is 2.74. The third kappa shape index (κ3) is 4.99. The molecule has 1 heterocycles. The first-order valence-corrected chi connectivity index (χ1v) is 11.3. The molecule has 34 heavy (non-hydrogen) atoms. The first kappa shape index (κ1) is 23.2. The zero-order chi connectivity index (χ0) is 24.1. The molecule has 8 nitrogen and oxygen atoms in total. The fourth-order valence-corrected chi connectivity index (χ4v) is 4.19. The molecule has 0 saturated heterocycles. The van der Waals surface area contributed by atoms with Crippen LogP contribution in [0.5, 0.6) is 17.2 Å². The number of anilines is 1. The van der Waals surface area contributed by atoms with Gasteiger partial charge < -0.3 is 24.5 Å². The molecule has 0 aliphatic heterocycles. The minimum atomic E-state index is -0.313. The number of aromatic nitrogens is 2. The lowest BCUT2D eigenvalue weighted by Crippen LogP contribution is -2.14. The van der Waals surface area contributed by atoms with E-state index in [-0.39, 0.29) is 11.5 Å². The Morgan fingerprint density at radius 3 is 2.29 bits per heavy atom. The maximum atomic E-state index is 12.8. The van der Waals surface area contributed by atoms with Crippen molar-refractivity contribution in [2.75, 3.05) is 26.6 Å². The van der Waals surface area contributed by atoms with Crippen molar-refractivity contribution in [1.82, 2.24) is 9.97 Å². The summed E-state index contributed by atoms with van der Waals surface area (Å²) in [6.45, 7) is 0. The van der Waals surface area contributed by atoms with Crippen LogP contribution in [-0.2, 0) is 5.75 Å². The predicted octanol–water partition coefficient (Wildman–Crippen LogP) is 4.49. The van der Waals surface area contributed by atoms with Gasteiger partial charge in [0.1, 0.15) is 5.69 Å². The second kappa shape index (κ2) is 10.3. The Morgan fingerprint density at radius 2 is 1.65 bits per heavy atom. The molecule has 1 amide bonds. The Labute approximate surface area is 200 Å². The normalized spacial score (nSPS) is 10.7. The number of H-pyrrole nitrogens is 1. The fraction of sp³-hybridized carbons (Fsp3) is 0.160. The summed E-state index contributed by atoms with van der Waals surface area (Å²) in [5, 5.41) is 2.86. The van der Waals surface area contributed by atoms with E-state index >= 15 is 0 Å². The van der Waals surface area contributed by atoms with E-state index in [9.17, 15) is 9.59 Å². The molecule has 0 radical (unpaired) electrons. The Hall–Kier alpha value is -3.98. The molecule has 0 atom stereocenters. The number of hydrogen-bond acceptors (Lipinski definition) is 7. The van der Waals surface area contributed by atoms with E-state index < -0.39 is 0 Å². The van der Waals surface area contributed by atoms with Gasteiger partial charge in [-0.15, -0.1) is 11.8 Å². The molecule has 0 aliphatic rings. The lowest BCUT2D eigenvalue weighted by atomic mass is 10.1.